The maximum Gasteiger partial charge on any atom is 0.109 e. The van der Waals surface area contributed by atoms with Gasteiger partial charge in [0.2, 0.25) is 0 Å². The molecule has 3 unspecified atom stereocenters. The Morgan fingerprint density at radius 2 is 2.37 bits per heavy atom. The van der Waals surface area contributed by atoms with E-state index in [2.05, 4.69) is 31.1 Å². The van der Waals surface area contributed by atoms with Crippen LogP contribution in [-0.2, 0) is 4.74 Å². The smallest absolute Gasteiger partial charge is 0.109 e. The van der Waals surface area contributed by atoms with E-state index in [1.807, 2.05) is 18.5 Å². The second kappa shape index (κ2) is 5.48. The first-order valence-electron chi connectivity index (χ1n) is 6.94. The van der Waals surface area contributed by atoms with Crippen LogP contribution in [0.15, 0.2) is 11.6 Å². The molecule has 1 heterocycles. The molecule has 3 N–H and O–H groups in total. The van der Waals surface area contributed by atoms with Crippen LogP contribution in [-0.4, -0.2) is 29.8 Å². The fraction of sp³-hybridized carbons (Fsp3) is 0.786. The molecule has 1 aromatic rings. The van der Waals surface area contributed by atoms with Crippen LogP contribution in [0.5, 0.6) is 0 Å². The predicted molar refractivity (Wildman–Crippen MR) is 79.3 cm³/mol. The number of thiazole rings is 1. The van der Waals surface area contributed by atoms with Crippen molar-refractivity contribution in [2.24, 2.45) is 11.1 Å². The maximum absolute atomic E-state index is 6.54. The van der Waals surface area contributed by atoms with Gasteiger partial charge < -0.3 is 15.8 Å². The summed E-state index contributed by atoms with van der Waals surface area (Å²) in [7, 11) is 0. The molecule has 0 radical (unpaired) electrons. The zero-order valence-electron chi connectivity index (χ0n) is 12.3. The van der Waals surface area contributed by atoms with Crippen LogP contribution in [0.2, 0.25) is 0 Å². The minimum Gasteiger partial charge on any atom is -0.378 e. The summed E-state index contributed by atoms with van der Waals surface area (Å²) in [6.07, 6.45) is 3.04. The number of rotatable bonds is 6. The molecule has 0 saturated heterocycles. The van der Waals surface area contributed by atoms with Gasteiger partial charge in [-0.3, -0.25) is 0 Å². The minimum atomic E-state index is -0.196. The molecular weight excluding hydrogens is 258 g/mol. The predicted octanol–water partition coefficient (Wildman–Crippen LogP) is 2.33. The number of nitrogens with zero attached hydrogens (tertiary/aromatic N) is 1. The van der Waals surface area contributed by atoms with E-state index in [4.69, 9.17) is 10.5 Å². The number of hydrogen-bond donors (Lipinski definition) is 2. The highest BCUT2D eigenvalue weighted by atomic mass is 32.1. The lowest BCUT2D eigenvalue weighted by Crippen LogP contribution is -2.73. The van der Waals surface area contributed by atoms with Crippen LogP contribution in [0.25, 0.3) is 0 Å². The van der Waals surface area contributed by atoms with Crippen LogP contribution in [0, 0.1) is 5.41 Å². The van der Waals surface area contributed by atoms with Crippen molar-refractivity contribution in [3.05, 3.63) is 16.6 Å². The summed E-state index contributed by atoms with van der Waals surface area (Å²) in [5.74, 6) is 0. The van der Waals surface area contributed by atoms with Crippen LogP contribution in [0.4, 0.5) is 0 Å². The van der Waals surface area contributed by atoms with Gasteiger partial charge in [-0.1, -0.05) is 13.8 Å². The normalized spacial score (nSPS) is 30.9. The van der Waals surface area contributed by atoms with Gasteiger partial charge in [0.25, 0.3) is 0 Å². The van der Waals surface area contributed by atoms with E-state index in [1.165, 1.54) is 0 Å². The number of aromatic nitrogens is 1. The highest BCUT2D eigenvalue weighted by molar-refractivity contribution is 7.09. The molecule has 1 aromatic heterocycles. The summed E-state index contributed by atoms with van der Waals surface area (Å²) in [4.78, 5) is 4.33. The molecule has 4 nitrogen and oxygen atoms in total. The SMILES string of the molecule is CCOC1CC(N)(CNC(C)c2nccs2)C1(C)C. The Hall–Kier alpha value is -0.490. The van der Waals surface area contributed by atoms with E-state index >= 15 is 0 Å². The lowest BCUT2D eigenvalue weighted by atomic mass is 9.54. The molecule has 1 aliphatic carbocycles. The molecule has 0 amide bonds. The van der Waals surface area contributed by atoms with Crippen molar-refractivity contribution in [1.29, 1.82) is 0 Å². The molecule has 19 heavy (non-hydrogen) atoms. The molecule has 1 fully saturated rings. The Labute approximate surface area is 119 Å². The van der Waals surface area contributed by atoms with Crippen molar-refractivity contribution in [3.8, 4) is 0 Å². The highest BCUT2D eigenvalue weighted by Crippen LogP contribution is 2.49. The fourth-order valence-corrected chi connectivity index (χ4v) is 3.35. The second-order valence-electron chi connectivity index (χ2n) is 6.00. The summed E-state index contributed by atoms with van der Waals surface area (Å²) >= 11 is 1.68. The van der Waals surface area contributed by atoms with Crippen molar-refractivity contribution in [3.63, 3.8) is 0 Å². The quantitative estimate of drug-likeness (QED) is 0.841. The average molecular weight is 283 g/mol. The molecule has 0 aliphatic heterocycles. The minimum absolute atomic E-state index is 0.0125. The first kappa shape index (κ1) is 14.9. The lowest BCUT2D eigenvalue weighted by Gasteiger charge is -2.59. The molecule has 5 heteroatoms. The molecule has 2 rings (SSSR count). The Kier molecular flexibility index (Phi) is 4.30. The fourth-order valence-electron chi connectivity index (χ4n) is 2.68. The first-order chi connectivity index (χ1) is 8.90. The topological polar surface area (TPSA) is 60.2 Å². The first-order valence-corrected chi connectivity index (χ1v) is 7.82. The van der Waals surface area contributed by atoms with Crippen LogP contribution < -0.4 is 11.1 Å². The van der Waals surface area contributed by atoms with Crippen molar-refractivity contribution < 1.29 is 4.74 Å². The maximum atomic E-state index is 6.54. The van der Waals surface area contributed by atoms with Gasteiger partial charge in [0.05, 0.1) is 12.1 Å². The Bertz CT molecular complexity index is 407. The standard InChI is InChI=1S/C14H25N3OS/c1-5-18-11-8-14(15,13(11,3)4)9-17-10(2)12-16-6-7-19-12/h6-7,10-11,17H,5,8-9,15H2,1-4H3. The summed E-state index contributed by atoms with van der Waals surface area (Å²) in [5.41, 5.74) is 6.36. The number of ether oxygens (including phenoxy) is 1. The van der Waals surface area contributed by atoms with E-state index in [0.29, 0.717) is 0 Å². The van der Waals surface area contributed by atoms with Gasteiger partial charge in [0.1, 0.15) is 5.01 Å². The number of nitrogens with two attached hydrogens (primary N) is 1. The van der Waals surface area contributed by atoms with E-state index in [9.17, 15) is 0 Å². The summed E-state index contributed by atoms with van der Waals surface area (Å²) < 4.78 is 5.75. The molecule has 0 bridgehead atoms. The highest BCUT2D eigenvalue weighted by Gasteiger charge is 2.58. The lowest BCUT2D eigenvalue weighted by molar-refractivity contribution is -0.148. The van der Waals surface area contributed by atoms with Crippen LogP contribution >= 0.6 is 11.3 Å². The largest absolute Gasteiger partial charge is 0.378 e. The third-order valence-corrected chi connectivity index (χ3v) is 5.51. The van der Waals surface area contributed by atoms with Gasteiger partial charge in [-0.15, -0.1) is 11.3 Å². The van der Waals surface area contributed by atoms with Crippen LogP contribution in [0.3, 0.4) is 0 Å². The molecule has 0 aromatic carbocycles. The number of nitrogens with one attached hydrogen (secondary N) is 1. The van der Waals surface area contributed by atoms with E-state index < -0.39 is 0 Å². The van der Waals surface area contributed by atoms with Gasteiger partial charge in [-0.2, -0.15) is 0 Å². The molecule has 0 spiro atoms. The Morgan fingerprint density at radius 1 is 1.63 bits per heavy atom. The zero-order valence-corrected chi connectivity index (χ0v) is 13.1. The van der Waals surface area contributed by atoms with Gasteiger partial charge in [0.15, 0.2) is 0 Å². The van der Waals surface area contributed by atoms with Crippen LogP contribution in [0.1, 0.15) is 45.2 Å². The van der Waals surface area contributed by atoms with Crippen molar-refractivity contribution >= 4 is 11.3 Å². The Morgan fingerprint density at radius 3 is 2.89 bits per heavy atom. The van der Waals surface area contributed by atoms with Gasteiger partial charge in [-0.25, -0.2) is 4.98 Å². The van der Waals surface area contributed by atoms with E-state index in [0.717, 1.165) is 24.6 Å². The average Bonchev–Trinajstić information content (AvgIpc) is 2.89. The van der Waals surface area contributed by atoms with E-state index in [-0.39, 0.29) is 23.1 Å². The molecule has 1 saturated carbocycles. The monoisotopic (exact) mass is 283 g/mol. The Balaban J connectivity index is 1.89. The summed E-state index contributed by atoms with van der Waals surface area (Å²) in [6, 6.07) is 0.252. The zero-order chi connectivity index (χ0) is 14.1. The van der Waals surface area contributed by atoms with Gasteiger partial charge in [0, 0.05) is 35.7 Å². The second-order valence-corrected chi connectivity index (χ2v) is 6.93. The van der Waals surface area contributed by atoms with Crippen molar-refractivity contribution in [1.82, 2.24) is 10.3 Å². The summed E-state index contributed by atoms with van der Waals surface area (Å²) in [5, 5.41) is 6.63. The molecule has 1 aliphatic rings. The third-order valence-electron chi connectivity index (χ3n) is 4.55. The van der Waals surface area contributed by atoms with Gasteiger partial charge in [-0.05, 0) is 20.3 Å². The van der Waals surface area contributed by atoms with E-state index in [1.54, 1.807) is 11.3 Å². The molecule has 3 atom stereocenters. The van der Waals surface area contributed by atoms with Gasteiger partial charge >= 0.3 is 0 Å². The summed E-state index contributed by atoms with van der Waals surface area (Å²) in [6.45, 7) is 10.1. The number of hydrogen-bond acceptors (Lipinski definition) is 5. The molecular formula is C14H25N3OS. The van der Waals surface area contributed by atoms with Crippen molar-refractivity contribution in [2.45, 2.75) is 51.8 Å². The van der Waals surface area contributed by atoms with Crippen molar-refractivity contribution in [2.75, 3.05) is 13.2 Å². The third kappa shape index (κ3) is 2.70. The molecule has 108 valence electrons.